The molecular formula is C12H10BrClFNS. The second-order valence-corrected chi connectivity index (χ2v) is 6.61. The Morgan fingerprint density at radius 1 is 1.35 bits per heavy atom. The summed E-state index contributed by atoms with van der Waals surface area (Å²) in [5.74, 6) is -0.419. The molecule has 2 rings (SSSR count). The average Bonchev–Trinajstić information content (AvgIpc) is 2.68. The van der Waals surface area contributed by atoms with Crippen LogP contribution in [0.15, 0.2) is 34.1 Å². The highest BCUT2D eigenvalue weighted by Crippen LogP contribution is 2.28. The Morgan fingerprint density at radius 2 is 2.12 bits per heavy atom. The molecule has 0 spiro atoms. The van der Waals surface area contributed by atoms with Crippen molar-refractivity contribution in [3.63, 3.8) is 0 Å². The fraction of sp³-hybridized carbons (Fsp3) is 0.167. The summed E-state index contributed by atoms with van der Waals surface area (Å²) in [5.41, 5.74) is 6.46. The van der Waals surface area contributed by atoms with E-state index in [0.717, 1.165) is 8.66 Å². The molecule has 0 fully saturated rings. The van der Waals surface area contributed by atoms with E-state index >= 15 is 0 Å². The van der Waals surface area contributed by atoms with Crippen LogP contribution in [0.2, 0.25) is 5.02 Å². The van der Waals surface area contributed by atoms with Gasteiger partial charge in [0.2, 0.25) is 0 Å². The summed E-state index contributed by atoms with van der Waals surface area (Å²) >= 11 is 10.7. The lowest BCUT2D eigenvalue weighted by Crippen LogP contribution is -2.14. The second-order valence-electron chi connectivity index (χ2n) is 3.66. The van der Waals surface area contributed by atoms with Crippen molar-refractivity contribution in [2.24, 2.45) is 5.73 Å². The molecule has 0 saturated carbocycles. The van der Waals surface area contributed by atoms with Crippen molar-refractivity contribution >= 4 is 38.9 Å². The van der Waals surface area contributed by atoms with Crippen molar-refractivity contribution < 1.29 is 4.39 Å². The van der Waals surface area contributed by atoms with Gasteiger partial charge in [-0.2, -0.15) is 0 Å². The van der Waals surface area contributed by atoms with Gasteiger partial charge in [0.1, 0.15) is 5.82 Å². The maximum absolute atomic E-state index is 13.7. The summed E-state index contributed by atoms with van der Waals surface area (Å²) < 4.78 is 14.8. The third-order valence-corrected chi connectivity index (χ3v) is 4.37. The predicted molar refractivity (Wildman–Crippen MR) is 74.1 cm³/mol. The van der Waals surface area contributed by atoms with Crippen LogP contribution in [0.25, 0.3) is 0 Å². The lowest BCUT2D eigenvalue weighted by molar-refractivity contribution is 0.582. The highest BCUT2D eigenvalue weighted by Gasteiger charge is 2.14. The molecule has 0 radical (unpaired) electrons. The van der Waals surface area contributed by atoms with Crippen LogP contribution in [0.3, 0.4) is 0 Å². The Kier molecular flexibility index (Phi) is 4.20. The van der Waals surface area contributed by atoms with E-state index < -0.39 is 5.82 Å². The SMILES string of the molecule is NC(Cc1ccc(Br)s1)c1cccc(Cl)c1F. The minimum Gasteiger partial charge on any atom is -0.324 e. The lowest BCUT2D eigenvalue weighted by Gasteiger charge is -2.12. The van der Waals surface area contributed by atoms with Gasteiger partial charge in [0.25, 0.3) is 0 Å². The van der Waals surface area contributed by atoms with Gasteiger partial charge in [0.15, 0.2) is 0 Å². The molecule has 0 aliphatic heterocycles. The van der Waals surface area contributed by atoms with Gasteiger partial charge in [-0.3, -0.25) is 0 Å². The first-order valence-electron chi connectivity index (χ1n) is 5.01. The van der Waals surface area contributed by atoms with Gasteiger partial charge < -0.3 is 5.73 Å². The summed E-state index contributed by atoms with van der Waals surface area (Å²) in [6.07, 6.45) is 0.605. The molecule has 2 N–H and O–H groups in total. The van der Waals surface area contributed by atoms with Crippen molar-refractivity contribution in [1.29, 1.82) is 0 Å². The molecule has 17 heavy (non-hydrogen) atoms. The fourth-order valence-electron chi connectivity index (χ4n) is 1.59. The third kappa shape index (κ3) is 3.07. The van der Waals surface area contributed by atoms with Gasteiger partial charge in [-0.1, -0.05) is 23.7 Å². The van der Waals surface area contributed by atoms with Gasteiger partial charge in [-0.05, 0) is 34.1 Å². The van der Waals surface area contributed by atoms with Crippen LogP contribution in [-0.4, -0.2) is 0 Å². The standard InChI is InChI=1S/C12H10BrClFNS/c13-11-5-4-7(17-11)6-10(16)8-2-1-3-9(14)12(8)15/h1-5,10H,6,16H2. The van der Waals surface area contributed by atoms with E-state index in [1.54, 1.807) is 23.5 Å². The van der Waals surface area contributed by atoms with E-state index in [1.807, 2.05) is 12.1 Å². The lowest BCUT2D eigenvalue weighted by atomic mass is 10.0. The second kappa shape index (κ2) is 5.48. The van der Waals surface area contributed by atoms with Crippen molar-refractivity contribution in [2.75, 3.05) is 0 Å². The summed E-state index contributed by atoms with van der Waals surface area (Å²) in [5, 5.41) is 0.116. The number of halogens is 3. The molecule has 0 bridgehead atoms. The summed E-state index contributed by atoms with van der Waals surface area (Å²) in [4.78, 5) is 1.11. The summed E-state index contributed by atoms with van der Waals surface area (Å²) in [7, 11) is 0. The molecule has 90 valence electrons. The zero-order chi connectivity index (χ0) is 12.4. The van der Waals surface area contributed by atoms with Gasteiger partial charge in [0, 0.05) is 22.9 Å². The Hall–Kier alpha value is -0.420. The topological polar surface area (TPSA) is 26.0 Å². The van der Waals surface area contributed by atoms with E-state index in [0.29, 0.717) is 12.0 Å². The normalized spacial score (nSPS) is 12.7. The largest absolute Gasteiger partial charge is 0.324 e. The minimum atomic E-state index is -0.419. The number of hydrogen-bond donors (Lipinski definition) is 1. The molecule has 5 heteroatoms. The summed E-state index contributed by atoms with van der Waals surface area (Å²) in [6, 6.07) is 8.48. The van der Waals surface area contributed by atoms with Crippen molar-refractivity contribution in [3.05, 3.63) is 55.4 Å². The minimum absolute atomic E-state index is 0.116. The highest BCUT2D eigenvalue weighted by atomic mass is 79.9. The zero-order valence-corrected chi connectivity index (χ0v) is 11.9. The molecule has 1 heterocycles. The first kappa shape index (κ1) is 13.0. The third-order valence-electron chi connectivity index (χ3n) is 2.43. The van der Waals surface area contributed by atoms with Crippen LogP contribution in [0.4, 0.5) is 4.39 Å². The van der Waals surface area contributed by atoms with Crippen LogP contribution in [0.5, 0.6) is 0 Å². The smallest absolute Gasteiger partial charge is 0.146 e. The number of rotatable bonds is 3. The number of nitrogens with two attached hydrogens (primary N) is 1. The molecule has 1 unspecified atom stereocenters. The molecule has 1 nitrogen and oxygen atoms in total. The quantitative estimate of drug-likeness (QED) is 0.876. The monoisotopic (exact) mass is 333 g/mol. The molecule has 0 aliphatic carbocycles. The van der Waals surface area contributed by atoms with Gasteiger partial charge in [-0.25, -0.2) is 4.39 Å². The van der Waals surface area contributed by atoms with Crippen LogP contribution in [0.1, 0.15) is 16.5 Å². The number of benzene rings is 1. The van der Waals surface area contributed by atoms with E-state index in [1.165, 1.54) is 6.07 Å². The van der Waals surface area contributed by atoms with Crippen LogP contribution >= 0.6 is 38.9 Å². The number of hydrogen-bond acceptors (Lipinski definition) is 2. The van der Waals surface area contributed by atoms with Crippen molar-refractivity contribution in [2.45, 2.75) is 12.5 Å². The average molecular weight is 335 g/mol. The zero-order valence-electron chi connectivity index (χ0n) is 8.79. The number of thiophene rings is 1. The van der Waals surface area contributed by atoms with Crippen LogP contribution in [-0.2, 0) is 6.42 Å². The van der Waals surface area contributed by atoms with E-state index in [2.05, 4.69) is 15.9 Å². The van der Waals surface area contributed by atoms with E-state index in [9.17, 15) is 4.39 Å². The van der Waals surface area contributed by atoms with Crippen LogP contribution in [0, 0.1) is 5.82 Å². The molecule has 0 saturated heterocycles. The van der Waals surface area contributed by atoms with Crippen LogP contribution < -0.4 is 5.73 Å². The Morgan fingerprint density at radius 3 is 2.76 bits per heavy atom. The fourth-order valence-corrected chi connectivity index (χ4v) is 3.32. The maximum atomic E-state index is 13.7. The van der Waals surface area contributed by atoms with E-state index in [4.69, 9.17) is 17.3 Å². The highest BCUT2D eigenvalue weighted by molar-refractivity contribution is 9.11. The molecule has 1 aromatic heterocycles. The first-order chi connectivity index (χ1) is 8.08. The molecule has 1 aromatic carbocycles. The van der Waals surface area contributed by atoms with E-state index in [-0.39, 0.29) is 11.1 Å². The summed E-state index contributed by atoms with van der Waals surface area (Å²) in [6.45, 7) is 0. The molecule has 1 atom stereocenters. The Bertz CT molecular complexity index is 529. The molecular weight excluding hydrogens is 325 g/mol. The van der Waals surface area contributed by atoms with Crippen molar-refractivity contribution in [1.82, 2.24) is 0 Å². The van der Waals surface area contributed by atoms with Crippen molar-refractivity contribution in [3.8, 4) is 0 Å². The molecule has 2 aromatic rings. The molecule has 0 amide bonds. The first-order valence-corrected chi connectivity index (χ1v) is 7.00. The Labute approximate surface area is 117 Å². The Balaban J connectivity index is 2.20. The molecule has 0 aliphatic rings. The van der Waals surface area contributed by atoms with Gasteiger partial charge in [-0.15, -0.1) is 11.3 Å². The van der Waals surface area contributed by atoms with Gasteiger partial charge >= 0.3 is 0 Å². The predicted octanol–water partition coefficient (Wildman–Crippen LogP) is 4.55. The van der Waals surface area contributed by atoms with Gasteiger partial charge in [0.05, 0.1) is 8.81 Å². The maximum Gasteiger partial charge on any atom is 0.146 e.